The van der Waals surface area contributed by atoms with Crippen LogP contribution in [0.4, 0.5) is 0 Å². The minimum atomic E-state index is -0.243. The van der Waals surface area contributed by atoms with E-state index in [0.29, 0.717) is 35.3 Å². The maximum Gasteiger partial charge on any atom is 0.294 e. The van der Waals surface area contributed by atoms with E-state index in [9.17, 15) is 4.79 Å². The van der Waals surface area contributed by atoms with E-state index in [-0.39, 0.29) is 17.2 Å². The molecule has 2 aromatic carbocycles. The molecule has 1 atom stereocenters. The summed E-state index contributed by atoms with van der Waals surface area (Å²) in [6.07, 6.45) is 1.09. The van der Waals surface area contributed by atoms with E-state index in [0.717, 1.165) is 11.8 Å². The van der Waals surface area contributed by atoms with Gasteiger partial charge >= 0.3 is 0 Å². The SMILES string of the molecule is CC(C)Cc1ccc(C(NCc2nc3c(oc4ccccc43)c(=O)[nH]2)C(C)C)cc1. The number of H-pyrrole nitrogens is 1. The highest BCUT2D eigenvalue weighted by molar-refractivity contribution is 6.01. The first-order valence-electron chi connectivity index (χ1n) is 10.6. The number of nitrogens with one attached hydrogen (secondary N) is 2. The van der Waals surface area contributed by atoms with Crippen LogP contribution in [0.15, 0.2) is 57.7 Å². The van der Waals surface area contributed by atoms with Crippen LogP contribution in [0.5, 0.6) is 0 Å². The first kappa shape index (κ1) is 20.4. The largest absolute Gasteiger partial charge is 0.449 e. The molecule has 0 fully saturated rings. The van der Waals surface area contributed by atoms with Crippen molar-refractivity contribution in [2.24, 2.45) is 11.8 Å². The summed E-state index contributed by atoms with van der Waals surface area (Å²) in [5, 5.41) is 4.44. The van der Waals surface area contributed by atoms with Gasteiger partial charge in [-0.05, 0) is 41.5 Å². The standard InChI is InChI=1S/C25H29N3O2/c1-15(2)13-17-9-11-18(12-10-17)22(16(3)4)26-14-21-27-23-19-7-5-6-8-20(19)30-24(23)25(29)28-21/h5-12,15-16,22,26H,13-14H2,1-4H3,(H,27,28,29). The number of hydrogen-bond donors (Lipinski definition) is 2. The van der Waals surface area contributed by atoms with Gasteiger partial charge in [-0.2, -0.15) is 0 Å². The van der Waals surface area contributed by atoms with Gasteiger partial charge in [0.2, 0.25) is 5.58 Å². The molecule has 1 unspecified atom stereocenters. The molecule has 0 aliphatic heterocycles. The zero-order valence-corrected chi connectivity index (χ0v) is 18.0. The van der Waals surface area contributed by atoms with Crippen molar-refractivity contribution in [1.29, 1.82) is 0 Å². The van der Waals surface area contributed by atoms with Crippen LogP contribution in [0.1, 0.15) is 50.7 Å². The molecule has 0 radical (unpaired) electrons. The number of fused-ring (bicyclic) bond motifs is 3. The molecule has 0 saturated carbocycles. The number of nitrogens with zero attached hydrogens (tertiary/aromatic N) is 1. The summed E-state index contributed by atoms with van der Waals surface area (Å²) < 4.78 is 5.68. The highest BCUT2D eigenvalue weighted by Crippen LogP contribution is 2.25. The monoisotopic (exact) mass is 403 g/mol. The zero-order chi connectivity index (χ0) is 21.3. The Morgan fingerprint density at radius 1 is 1.03 bits per heavy atom. The van der Waals surface area contributed by atoms with Gasteiger partial charge in [-0.1, -0.05) is 64.1 Å². The van der Waals surface area contributed by atoms with E-state index >= 15 is 0 Å². The lowest BCUT2D eigenvalue weighted by Gasteiger charge is -2.23. The Balaban J connectivity index is 1.57. The molecule has 156 valence electrons. The van der Waals surface area contributed by atoms with Gasteiger partial charge in [0.1, 0.15) is 16.9 Å². The van der Waals surface area contributed by atoms with Crippen molar-refractivity contribution in [2.75, 3.05) is 0 Å². The van der Waals surface area contributed by atoms with Gasteiger partial charge in [0.05, 0.1) is 6.54 Å². The van der Waals surface area contributed by atoms with E-state index < -0.39 is 0 Å². The Labute approximate surface area is 176 Å². The van der Waals surface area contributed by atoms with Crippen molar-refractivity contribution in [3.05, 3.63) is 75.8 Å². The number of rotatable bonds is 7. The molecular weight excluding hydrogens is 374 g/mol. The van der Waals surface area contributed by atoms with Crippen molar-refractivity contribution >= 4 is 22.1 Å². The maximum atomic E-state index is 12.5. The van der Waals surface area contributed by atoms with E-state index in [4.69, 9.17) is 4.42 Å². The van der Waals surface area contributed by atoms with E-state index in [1.54, 1.807) is 0 Å². The molecule has 5 nitrogen and oxygen atoms in total. The van der Waals surface area contributed by atoms with Gasteiger partial charge in [-0.15, -0.1) is 0 Å². The Hall–Kier alpha value is -2.92. The van der Waals surface area contributed by atoms with E-state index in [1.807, 2.05) is 24.3 Å². The van der Waals surface area contributed by atoms with Crippen LogP contribution >= 0.6 is 0 Å². The molecule has 0 aliphatic rings. The molecular formula is C25H29N3O2. The minimum absolute atomic E-state index is 0.167. The Morgan fingerprint density at radius 3 is 2.47 bits per heavy atom. The molecule has 0 aliphatic carbocycles. The van der Waals surface area contributed by atoms with Gasteiger partial charge in [0, 0.05) is 11.4 Å². The second kappa shape index (κ2) is 8.44. The van der Waals surface area contributed by atoms with Crippen LogP contribution < -0.4 is 10.9 Å². The molecule has 30 heavy (non-hydrogen) atoms. The van der Waals surface area contributed by atoms with Crippen LogP contribution in [0.25, 0.3) is 22.1 Å². The fourth-order valence-electron chi connectivity index (χ4n) is 4.01. The third kappa shape index (κ3) is 4.17. The summed E-state index contributed by atoms with van der Waals surface area (Å²) in [6, 6.07) is 16.6. The van der Waals surface area contributed by atoms with E-state index in [1.165, 1.54) is 11.1 Å². The molecule has 4 aromatic rings. The molecule has 0 amide bonds. The van der Waals surface area contributed by atoms with Crippen molar-refractivity contribution < 1.29 is 4.42 Å². The second-order valence-electron chi connectivity index (χ2n) is 8.73. The average Bonchev–Trinajstić information content (AvgIpc) is 3.08. The fraction of sp³-hybridized carbons (Fsp3) is 0.360. The smallest absolute Gasteiger partial charge is 0.294 e. The Morgan fingerprint density at radius 2 is 1.77 bits per heavy atom. The molecule has 2 N–H and O–H groups in total. The average molecular weight is 404 g/mol. The lowest BCUT2D eigenvalue weighted by atomic mass is 9.94. The molecule has 2 aromatic heterocycles. The summed E-state index contributed by atoms with van der Waals surface area (Å²) in [6.45, 7) is 9.34. The molecule has 0 bridgehead atoms. The lowest BCUT2D eigenvalue weighted by molar-refractivity contribution is 0.406. The van der Waals surface area contributed by atoms with Crippen molar-refractivity contribution in [2.45, 2.75) is 46.7 Å². The molecule has 0 saturated heterocycles. The maximum absolute atomic E-state index is 12.5. The number of aromatic nitrogens is 2. The van der Waals surface area contributed by atoms with Crippen LogP contribution in [-0.4, -0.2) is 9.97 Å². The van der Waals surface area contributed by atoms with Gasteiger partial charge in [0.25, 0.3) is 5.56 Å². The summed E-state index contributed by atoms with van der Waals surface area (Å²) in [5.74, 6) is 1.65. The summed E-state index contributed by atoms with van der Waals surface area (Å²) in [7, 11) is 0. The minimum Gasteiger partial charge on any atom is -0.449 e. The number of furan rings is 1. The second-order valence-corrected chi connectivity index (χ2v) is 8.73. The number of benzene rings is 2. The normalized spacial score (nSPS) is 13.0. The number of para-hydroxylation sites is 1. The predicted octanol–water partition coefficient (Wildman–Crippen LogP) is 5.35. The van der Waals surface area contributed by atoms with Crippen LogP contribution in [0.3, 0.4) is 0 Å². The fourth-order valence-corrected chi connectivity index (χ4v) is 4.01. The van der Waals surface area contributed by atoms with Crippen molar-refractivity contribution in [3.63, 3.8) is 0 Å². The van der Waals surface area contributed by atoms with Crippen molar-refractivity contribution in [1.82, 2.24) is 15.3 Å². The van der Waals surface area contributed by atoms with Crippen molar-refractivity contribution in [3.8, 4) is 0 Å². The topological polar surface area (TPSA) is 70.9 Å². The van der Waals surface area contributed by atoms with E-state index in [2.05, 4.69) is 67.2 Å². The van der Waals surface area contributed by atoms with Gasteiger partial charge in [-0.3, -0.25) is 4.79 Å². The number of hydrogen-bond acceptors (Lipinski definition) is 4. The van der Waals surface area contributed by atoms with Gasteiger partial charge in [-0.25, -0.2) is 4.98 Å². The summed E-state index contributed by atoms with van der Waals surface area (Å²) in [4.78, 5) is 20.1. The summed E-state index contributed by atoms with van der Waals surface area (Å²) >= 11 is 0. The quantitative estimate of drug-likeness (QED) is 0.436. The molecule has 5 heteroatoms. The van der Waals surface area contributed by atoms with Crippen LogP contribution in [-0.2, 0) is 13.0 Å². The third-order valence-electron chi connectivity index (χ3n) is 5.42. The molecule has 0 spiro atoms. The van der Waals surface area contributed by atoms with Gasteiger partial charge in [0.15, 0.2) is 0 Å². The van der Waals surface area contributed by atoms with Crippen LogP contribution in [0, 0.1) is 11.8 Å². The first-order chi connectivity index (χ1) is 14.4. The van der Waals surface area contributed by atoms with Crippen LogP contribution in [0.2, 0.25) is 0 Å². The first-order valence-corrected chi connectivity index (χ1v) is 10.6. The third-order valence-corrected chi connectivity index (χ3v) is 5.42. The predicted molar refractivity (Wildman–Crippen MR) is 122 cm³/mol. The highest BCUT2D eigenvalue weighted by Gasteiger charge is 2.17. The zero-order valence-electron chi connectivity index (χ0n) is 18.0. The highest BCUT2D eigenvalue weighted by atomic mass is 16.3. The van der Waals surface area contributed by atoms with Gasteiger partial charge < -0.3 is 14.7 Å². The lowest BCUT2D eigenvalue weighted by Crippen LogP contribution is -2.27. The summed E-state index contributed by atoms with van der Waals surface area (Å²) in [5.41, 5.74) is 3.94. The number of aromatic amines is 1. The Kier molecular flexibility index (Phi) is 5.73. The molecule has 4 rings (SSSR count). The Bertz CT molecular complexity index is 1200. The molecule has 2 heterocycles.